The second kappa shape index (κ2) is 9.17. The number of hydrazine groups is 1. The number of halogens is 2. The first-order chi connectivity index (χ1) is 13.6. The van der Waals surface area contributed by atoms with E-state index in [1.54, 1.807) is 0 Å². The predicted molar refractivity (Wildman–Crippen MR) is 102 cm³/mol. The first-order valence-electron chi connectivity index (χ1n) is 7.74. The normalized spacial score (nSPS) is 11.3. The lowest BCUT2D eigenvalue weighted by atomic mass is 10.1. The van der Waals surface area contributed by atoms with E-state index in [4.69, 9.17) is 27.9 Å². The van der Waals surface area contributed by atoms with Crippen molar-refractivity contribution in [1.82, 2.24) is 10.9 Å². The number of nitrogens with one attached hydrogen (secondary N) is 2. The number of hydrogen-bond donors (Lipinski definition) is 2. The van der Waals surface area contributed by atoms with E-state index in [0.29, 0.717) is 11.1 Å². The van der Waals surface area contributed by atoms with E-state index < -0.39 is 39.1 Å². The van der Waals surface area contributed by atoms with Gasteiger partial charge in [0.1, 0.15) is 5.75 Å². The SMILES string of the molecule is C[C@H](Oc1ccc(Cl)cc1Cl)C(=O)NNC(=O)c1cc([N+](=O)[O-])cc([N+](=O)[O-])c1. The highest BCUT2D eigenvalue weighted by molar-refractivity contribution is 6.35. The molecule has 0 bridgehead atoms. The fourth-order valence-corrected chi connectivity index (χ4v) is 2.50. The third kappa shape index (κ3) is 5.77. The summed E-state index contributed by atoms with van der Waals surface area (Å²) in [7, 11) is 0. The van der Waals surface area contributed by atoms with Crippen LogP contribution in [0.3, 0.4) is 0 Å². The van der Waals surface area contributed by atoms with Crippen LogP contribution < -0.4 is 15.6 Å². The Kier molecular flexibility index (Phi) is 6.91. The van der Waals surface area contributed by atoms with Crippen molar-refractivity contribution in [3.8, 4) is 5.75 Å². The zero-order valence-corrected chi connectivity index (χ0v) is 16.1. The Morgan fingerprint density at radius 3 is 2.10 bits per heavy atom. The van der Waals surface area contributed by atoms with Crippen molar-refractivity contribution in [2.24, 2.45) is 0 Å². The highest BCUT2D eigenvalue weighted by atomic mass is 35.5. The largest absolute Gasteiger partial charge is 0.479 e. The van der Waals surface area contributed by atoms with E-state index in [1.165, 1.54) is 25.1 Å². The van der Waals surface area contributed by atoms with E-state index in [-0.39, 0.29) is 16.3 Å². The molecule has 0 aliphatic rings. The molecule has 0 spiro atoms. The monoisotopic (exact) mass is 442 g/mol. The molecule has 2 aromatic carbocycles. The summed E-state index contributed by atoms with van der Waals surface area (Å²) >= 11 is 11.7. The maximum absolute atomic E-state index is 12.1. The predicted octanol–water partition coefficient (Wildman–Crippen LogP) is 3.04. The number of benzene rings is 2. The first-order valence-corrected chi connectivity index (χ1v) is 8.50. The molecule has 29 heavy (non-hydrogen) atoms. The van der Waals surface area contributed by atoms with Crippen molar-refractivity contribution in [2.75, 3.05) is 0 Å². The van der Waals surface area contributed by atoms with Crippen LogP contribution in [0.1, 0.15) is 17.3 Å². The molecule has 0 aliphatic carbocycles. The molecule has 0 unspecified atom stereocenters. The Balaban J connectivity index is 2.05. The number of hydrogen-bond acceptors (Lipinski definition) is 7. The van der Waals surface area contributed by atoms with Crippen molar-refractivity contribution in [1.29, 1.82) is 0 Å². The average molecular weight is 443 g/mol. The van der Waals surface area contributed by atoms with Crippen LogP contribution in [0.4, 0.5) is 11.4 Å². The fraction of sp³-hybridized carbons (Fsp3) is 0.125. The van der Waals surface area contributed by atoms with E-state index in [9.17, 15) is 29.8 Å². The maximum Gasteiger partial charge on any atom is 0.279 e. The molecule has 1 atom stereocenters. The lowest BCUT2D eigenvalue weighted by Gasteiger charge is -2.16. The maximum atomic E-state index is 12.1. The summed E-state index contributed by atoms with van der Waals surface area (Å²) < 4.78 is 5.37. The molecular formula is C16H12Cl2N4O7. The van der Waals surface area contributed by atoms with Crippen LogP contribution in [-0.2, 0) is 4.79 Å². The van der Waals surface area contributed by atoms with Crippen molar-refractivity contribution in [3.05, 3.63) is 72.2 Å². The fourth-order valence-electron chi connectivity index (χ4n) is 2.04. The number of nitrogens with zero attached hydrogens (tertiary/aromatic N) is 2. The summed E-state index contributed by atoms with van der Waals surface area (Å²) in [5, 5.41) is 22.3. The number of carbonyl (C=O) groups excluding carboxylic acids is 2. The van der Waals surface area contributed by atoms with Gasteiger partial charge < -0.3 is 4.74 Å². The van der Waals surface area contributed by atoms with E-state index in [1.807, 2.05) is 5.43 Å². The molecule has 13 heteroatoms. The van der Waals surface area contributed by atoms with Crippen LogP contribution in [0, 0.1) is 20.2 Å². The Hall–Kier alpha value is -3.44. The third-order valence-electron chi connectivity index (χ3n) is 3.45. The highest BCUT2D eigenvalue weighted by Gasteiger charge is 2.21. The highest BCUT2D eigenvalue weighted by Crippen LogP contribution is 2.28. The molecule has 2 rings (SSSR count). The Morgan fingerprint density at radius 2 is 1.59 bits per heavy atom. The second-order valence-electron chi connectivity index (χ2n) is 5.53. The lowest BCUT2D eigenvalue weighted by molar-refractivity contribution is -0.394. The smallest absolute Gasteiger partial charge is 0.279 e. The zero-order chi connectivity index (χ0) is 21.7. The summed E-state index contributed by atoms with van der Waals surface area (Å²) in [6.45, 7) is 1.38. The standard InChI is InChI=1S/C16H12Cl2N4O7/c1-8(29-14-3-2-10(17)6-13(14)18)15(23)19-20-16(24)9-4-11(21(25)26)7-12(5-9)22(27)28/h2-8H,1H3,(H,19,23)(H,20,24)/t8-/m0/s1. The van der Waals surface area contributed by atoms with Crippen LogP contribution in [-0.4, -0.2) is 27.8 Å². The molecule has 0 heterocycles. The van der Waals surface area contributed by atoms with Crippen molar-refractivity contribution in [3.63, 3.8) is 0 Å². The van der Waals surface area contributed by atoms with E-state index >= 15 is 0 Å². The molecule has 11 nitrogen and oxygen atoms in total. The molecule has 2 N–H and O–H groups in total. The zero-order valence-electron chi connectivity index (χ0n) is 14.5. The minimum Gasteiger partial charge on any atom is -0.479 e. The average Bonchev–Trinajstić information content (AvgIpc) is 2.67. The topological polar surface area (TPSA) is 154 Å². The molecule has 0 radical (unpaired) electrons. The summed E-state index contributed by atoms with van der Waals surface area (Å²) in [6, 6.07) is 6.75. The van der Waals surface area contributed by atoms with E-state index in [0.717, 1.165) is 12.1 Å². The third-order valence-corrected chi connectivity index (χ3v) is 3.98. The molecule has 0 saturated heterocycles. The number of ether oxygens (including phenoxy) is 1. The van der Waals surface area contributed by atoms with Gasteiger partial charge in [0.15, 0.2) is 6.10 Å². The Bertz CT molecular complexity index is 967. The van der Waals surface area contributed by atoms with Crippen molar-refractivity contribution in [2.45, 2.75) is 13.0 Å². The van der Waals surface area contributed by atoms with Gasteiger partial charge in [-0.25, -0.2) is 0 Å². The minimum absolute atomic E-state index is 0.171. The van der Waals surface area contributed by atoms with Gasteiger partial charge in [-0.3, -0.25) is 40.7 Å². The number of nitro groups is 2. The first kappa shape index (κ1) is 21.9. The van der Waals surface area contributed by atoms with Crippen molar-refractivity contribution >= 4 is 46.4 Å². The van der Waals surface area contributed by atoms with Gasteiger partial charge in [0.05, 0.1) is 26.5 Å². The Morgan fingerprint density at radius 1 is 1.00 bits per heavy atom. The van der Waals surface area contributed by atoms with Gasteiger partial charge in [-0.2, -0.15) is 0 Å². The number of rotatable bonds is 6. The quantitative estimate of drug-likeness (QED) is 0.514. The molecule has 152 valence electrons. The number of amides is 2. The number of non-ortho nitro benzene ring substituents is 2. The number of nitro benzene ring substituents is 2. The minimum atomic E-state index is -1.09. The van der Waals surface area contributed by atoms with Crippen LogP contribution in [0.15, 0.2) is 36.4 Å². The second-order valence-corrected chi connectivity index (χ2v) is 6.37. The van der Waals surface area contributed by atoms with Crippen LogP contribution >= 0.6 is 23.2 Å². The van der Waals surface area contributed by atoms with Gasteiger partial charge in [-0.15, -0.1) is 0 Å². The van der Waals surface area contributed by atoms with Crippen LogP contribution in [0.2, 0.25) is 10.0 Å². The van der Waals surface area contributed by atoms with Gasteiger partial charge in [0, 0.05) is 17.2 Å². The lowest BCUT2D eigenvalue weighted by Crippen LogP contribution is -2.47. The van der Waals surface area contributed by atoms with E-state index in [2.05, 4.69) is 5.43 Å². The molecule has 0 saturated carbocycles. The van der Waals surface area contributed by atoms with Gasteiger partial charge in [-0.1, -0.05) is 23.2 Å². The van der Waals surface area contributed by atoms with Gasteiger partial charge >= 0.3 is 0 Å². The van der Waals surface area contributed by atoms with Crippen LogP contribution in [0.5, 0.6) is 5.75 Å². The molecule has 0 fully saturated rings. The van der Waals surface area contributed by atoms with Gasteiger partial charge in [0.25, 0.3) is 23.2 Å². The molecular weight excluding hydrogens is 431 g/mol. The van der Waals surface area contributed by atoms with Crippen LogP contribution in [0.25, 0.3) is 0 Å². The molecule has 0 aliphatic heterocycles. The summed E-state index contributed by atoms with van der Waals surface area (Å²) in [6.07, 6.45) is -1.09. The summed E-state index contributed by atoms with van der Waals surface area (Å²) in [5.74, 6) is -1.59. The molecule has 2 amide bonds. The molecule has 0 aromatic heterocycles. The number of carbonyl (C=O) groups is 2. The summed E-state index contributed by atoms with van der Waals surface area (Å²) in [5.41, 5.74) is 2.38. The van der Waals surface area contributed by atoms with Gasteiger partial charge in [0.2, 0.25) is 0 Å². The molecule has 2 aromatic rings. The van der Waals surface area contributed by atoms with Crippen molar-refractivity contribution < 1.29 is 24.2 Å². The van der Waals surface area contributed by atoms with Gasteiger partial charge in [-0.05, 0) is 25.1 Å². The Labute approximate surface area is 172 Å². The summed E-state index contributed by atoms with van der Waals surface area (Å²) in [4.78, 5) is 44.2.